The van der Waals surface area contributed by atoms with E-state index in [4.69, 9.17) is 0 Å². The van der Waals surface area contributed by atoms with Crippen LogP contribution in [-0.4, -0.2) is 40.4 Å². The smallest absolute Gasteiger partial charge is 0.0739 e. The lowest BCUT2D eigenvalue weighted by Gasteiger charge is -2.32. The van der Waals surface area contributed by atoms with E-state index in [0.29, 0.717) is 0 Å². The van der Waals surface area contributed by atoms with Gasteiger partial charge >= 0.3 is 0 Å². The highest BCUT2D eigenvalue weighted by Gasteiger charge is 2.25. The van der Waals surface area contributed by atoms with Gasteiger partial charge in [-0.15, -0.1) is 0 Å². The monoisotopic (exact) mass is 354 g/mol. The largest absolute Gasteiger partial charge is 0.314 e. The standard InChI is InChI=1S/C16H27BrN4/c1-3-21-15(16(17)12(2)19-21)11-20-8-6-14(7-9-20)18-10-13-4-5-13/h13-14,18H,3-11H2,1-2H3. The molecule has 0 radical (unpaired) electrons. The van der Waals surface area contributed by atoms with Gasteiger partial charge in [0.2, 0.25) is 0 Å². The van der Waals surface area contributed by atoms with Gasteiger partial charge in [-0.2, -0.15) is 5.10 Å². The molecule has 2 aliphatic rings. The van der Waals surface area contributed by atoms with Gasteiger partial charge in [0.25, 0.3) is 0 Å². The summed E-state index contributed by atoms with van der Waals surface area (Å²) in [7, 11) is 0. The van der Waals surface area contributed by atoms with Gasteiger partial charge in [0.1, 0.15) is 0 Å². The molecule has 4 nitrogen and oxygen atoms in total. The molecule has 2 heterocycles. The van der Waals surface area contributed by atoms with Gasteiger partial charge in [0.15, 0.2) is 0 Å². The van der Waals surface area contributed by atoms with Crippen LogP contribution >= 0.6 is 15.9 Å². The number of nitrogens with one attached hydrogen (secondary N) is 1. The number of hydrogen-bond donors (Lipinski definition) is 1. The zero-order valence-electron chi connectivity index (χ0n) is 13.2. The van der Waals surface area contributed by atoms with Crippen LogP contribution in [0.25, 0.3) is 0 Å². The Morgan fingerprint density at radius 2 is 1.95 bits per heavy atom. The van der Waals surface area contributed by atoms with Gasteiger partial charge in [-0.3, -0.25) is 9.58 Å². The van der Waals surface area contributed by atoms with Crippen molar-refractivity contribution in [2.45, 2.75) is 58.7 Å². The maximum Gasteiger partial charge on any atom is 0.0739 e. The summed E-state index contributed by atoms with van der Waals surface area (Å²) in [5, 5.41) is 8.35. The van der Waals surface area contributed by atoms with E-state index in [1.54, 1.807) is 0 Å². The minimum absolute atomic E-state index is 0.739. The fourth-order valence-corrected chi connectivity index (χ4v) is 3.59. The molecule has 0 unspecified atom stereocenters. The molecule has 1 aromatic rings. The zero-order valence-corrected chi connectivity index (χ0v) is 14.8. The van der Waals surface area contributed by atoms with Crippen LogP contribution in [-0.2, 0) is 13.1 Å². The molecule has 5 heteroatoms. The minimum Gasteiger partial charge on any atom is -0.314 e. The third kappa shape index (κ3) is 3.88. The second-order valence-corrected chi connectivity index (χ2v) is 7.36. The van der Waals surface area contributed by atoms with Crippen LogP contribution in [0.1, 0.15) is 44.0 Å². The van der Waals surface area contributed by atoms with Crippen LogP contribution in [0.2, 0.25) is 0 Å². The molecule has 1 aromatic heterocycles. The highest BCUT2D eigenvalue weighted by atomic mass is 79.9. The SMILES string of the molecule is CCn1nc(C)c(Br)c1CN1CCC(NCC2CC2)CC1. The molecular weight excluding hydrogens is 328 g/mol. The lowest BCUT2D eigenvalue weighted by molar-refractivity contribution is 0.185. The summed E-state index contributed by atoms with van der Waals surface area (Å²) in [5.41, 5.74) is 2.44. The molecule has 1 aliphatic heterocycles. The van der Waals surface area contributed by atoms with E-state index in [2.05, 4.69) is 49.8 Å². The van der Waals surface area contributed by atoms with E-state index in [9.17, 15) is 0 Å². The molecule has 2 fully saturated rings. The van der Waals surface area contributed by atoms with Gasteiger partial charge in [-0.05, 0) is 67.9 Å². The van der Waals surface area contributed by atoms with Gasteiger partial charge in [-0.1, -0.05) is 0 Å². The van der Waals surface area contributed by atoms with E-state index in [1.165, 1.54) is 55.5 Å². The Labute approximate surface area is 136 Å². The Kier molecular flexibility index (Phi) is 5.02. The van der Waals surface area contributed by atoms with Crippen molar-refractivity contribution in [3.8, 4) is 0 Å². The topological polar surface area (TPSA) is 33.1 Å². The Bertz CT molecular complexity index is 473. The molecule has 0 spiro atoms. The van der Waals surface area contributed by atoms with Crippen molar-refractivity contribution in [3.63, 3.8) is 0 Å². The molecule has 21 heavy (non-hydrogen) atoms. The molecule has 0 bridgehead atoms. The predicted octanol–water partition coefficient (Wildman–Crippen LogP) is 2.94. The van der Waals surface area contributed by atoms with Crippen LogP contribution in [0.3, 0.4) is 0 Å². The number of rotatable bonds is 6. The molecule has 118 valence electrons. The second kappa shape index (κ2) is 6.80. The van der Waals surface area contributed by atoms with Crippen LogP contribution < -0.4 is 5.32 Å². The summed E-state index contributed by atoms with van der Waals surface area (Å²) >= 11 is 3.71. The summed E-state index contributed by atoms with van der Waals surface area (Å²) in [4.78, 5) is 2.57. The first-order chi connectivity index (χ1) is 10.2. The minimum atomic E-state index is 0.739. The van der Waals surface area contributed by atoms with Crippen LogP contribution in [0, 0.1) is 12.8 Å². The van der Waals surface area contributed by atoms with Gasteiger partial charge in [-0.25, -0.2) is 0 Å². The summed E-state index contributed by atoms with van der Waals surface area (Å²) in [6, 6.07) is 0.739. The van der Waals surface area contributed by atoms with Gasteiger partial charge in [0.05, 0.1) is 15.9 Å². The predicted molar refractivity (Wildman–Crippen MR) is 89.4 cm³/mol. The summed E-state index contributed by atoms with van der Waals surface area (Å²) < 4.78 is 3.33. The molecule has 1 saturated heterocycles. The number of nitrogens with zero attached hydrogens (tertiary/aromatic N) is 3. The molecule has 1 aliphatic carbocycles. The number of likely N-dealkylation sites (tertiary alicyclic amines) is 1. The maximum atomic E-state index is 4.60. The molecular formula is C16H27BrN4. The molecule has 3 rings (SSSR count). The van der Waals surface area contributed by atoms with Crippen molar-refractivity contribution in [2.24, 2.45) is 5.92 Å². The Morgan fingerprint density at radius 1 is 1.24 bits per heavy atom. The van der Waals surface area contributed by atoms with Crippen molar-refractivity contribution in [1.29, 1.82) is 0 Å². The lowest BCUT2D eigenvalue weighted by atomic mass is 10.0. The zero-order chi connectivity index (χ0) is 14.8. The third-order valence-corrected chi connectivity index (χ3v) is 5.84. The molecule has 0 atom stereocenters. The van der Waals surface area contributed by atoms with Crippen molar-refractivity contribution in [1.82, 2.24) is 20.0 Å². The third-order valence-electron chi connectivity index (χ3n) is 4.81. The quantitative estimate of drug-likeness (QED) is 0.852. The fourth-order valence-electron chi connectivity index (χ4n) is 3.18. The van der Waals surface area contributed by atoms with Gasteiger partial charge in [0, 0.05) is 32.2 Å². The highest BCUT2D eigenvalue weighted by molar-refractivity contribution is 9.10. The van der Waals surface area contributed by atoms with E-state index >= 15 is 0 Å². The number of aryl methyl sites for hydroxylation is 2. The van der Waals surface area contributed by atoms with Crippen LogP contribution in [0.5, 0.6) is 0 Å². The first kappa shape index (κ1) is 15.5. The van der Waals surface area contributed by atoms with E-state index in [0.717, 1.165) is 30.7 Å². The Balaban J connectivity index is 1.50. The summed E-state index contributed by atoms with van der Waals surface area (Å²) in [6.45, 7) is 9.85. The Morgan fingerprint density at radius 3 is 2.57 bits per heavy atom. The maximum absolute atomic E-state index is 4.60. The van der Waals surface area contributed by atoms with E-state index < -0.39 is 0 Å². The van der Waals surface area contributed by atoms with Crippen molar-refractivity contribution < 1.29 is 0 Å². The van der Waals surface area contributed by atoms with Crippen molar-refractivity contribution >= 4 is 15.9 Å². The Hall–Kier alpha value is -0.390. The first-order valence-corrected chi connectivity index (χ1v) is 9.14. The summed E-state index contributed by atoms with van der Waals surface area (Å²) in [6.07, 6.45) is 5.45. The fraction of sp³-hybridized carbons (Fsp3) is 0.812. The number of hydrogen-bond acceptors (Lipinski definition) is 3. The van der Waals surface area contributed by atoms with Gasteiger partial charge < -0.3 is 5.32 Å². The van der Waals surface area contributed by atoms with Crippen molar-refractivity contribution in [3.05, 3.63) is 15.9 Å². The lowest BCUT2D eigenvalue weighted by Crippen LogP contribution is -2.43. The number of aromatic nitrogens is 2. The normalized spacial score (nSPS) is 21.1. The van der Waals surface area contributed by atoms with E-state index in [-0.39, 0.29) is 0 Å². The average molecular weight is 355 g/mol. The highest BCUT2D eigenvalue weighted by Crippen LogP contribution is 2.28. The van der Waals surface area contributed by atoms with E-state index in [1.807, 2.05) is 0 Å². The van der Waals surface area contributed by atoms with Crippen molar-refractivity contribution in [2.75, 3.05) is 19.6 Å². The average Bonchev–Trinajstić information content (AvgIpc) is 3.29. The van der Waals surface area contributed by atoms with Crippen LogP contribution in [0.4, 0.5) is 0 Å². The molecule has 1 N–H and O–H groups in total. The number of piperidine rings is 1. The molecule has 0 aromatic carbocycles. The molecule has 0 amide bonds. The van der Waals surface area contributed by atoms with Crippen LogP contribution in [0.15, 0.2) is 4.47 Å². The second-order valence-electron chi connectivity index (χ2n) is 6.56. The number of halogens is 1. The molecule has 1 saturated carbocycles. The first-order valence-electron chi connectivity index (χ1n) is 8.35. The summed E-state index contributed by atoms with van der Waals surface area (Å²) in [5.74, 6) is 0.987.